The third-order valence-corrected chi connectivity index (χ3v) is 5.53. The van der Waals surface area contributed by atoms with Crippen LogP contribution in [0.15, 0.2) is 11.3 Å². The van der Waals surface area contributed by atoms with Crippen LogP contribution in [0.25, 0.3) is 0 Å². The summed E-state index contributed by atoms with van der Waals surface area (Å²) in [5, 5.41) is 12.5. The number of thioether (sulfide) groups is 1. The van der Waals surface area contributed by atoms with Crippen LogP contribution in [0.2, 0.25) is 0 Å². The number of ketones is 1. The molecule has 1 amide bonds. The number of nitrogens with zero attached hydrogens (tertiary/aromatic N) is 1. The summed E-state index contributed by atoms with van der Waals surface area (Å²) in [5.41, 5.74) is 0.259. The lowest BCUT2D eigenvalue weighted by Gasteiger charge is -2.49. The van der Waals surface area contributed by atoms with Gasteiger partial charge in [0.1, 0.15) is 35.9 Å². The Kier molecular flexibility index (Phi) is 7.22. The molecule has 2 atom stereocenters. The number of esters is 1. The van der Waals surface area contributed by atoms with Crippen molar-refractivity contribution in [3.05, 3.63) is 11.3 Å². The predicted molar refractivity (Wildman–Crippen MR) is 95.3 cm³/mol. The van der Waals surface area contributed by atoms with Gasteiger partial charge in [-0.15, -0.1) is 11.8 Å². The van der Waals surface area contributed by atoms with Crippen molar-refractivity contribution in [3.8, 4) is 0 Å². The van der Waals surface area contributed by atoms with Gasteiger partial charge in [0.05, 0.1) is 0 Å². The largest absolute Gasteiger partial charge is 0.477 e. The molecule has 2 rings (SSSR count). The minimum atomic E-state index is -1.22. The molecule has 0 spiro atoms. The number of amides is 1. The summed E-state index contributed by atoms with van der Waals surface area (Å²) in [5.74, 6) is -2.16. The van der Waals surface area contributed by atoms with Crippen LogP contribution in [0, 0.1) is 0 Å². The average molecular weight is 384 g/mol. The number of β-lactam (4-membered cyclic amide) rings is 1. The van der Waals surface area contributed by atoms with E-state index in [2.05, 4.69) is 12.2 Å². The average Bonchev–Trinajstić information content (AvgIpc) is 2.58. The molecule has 144 valence electrons. The highest BCUT2D eigenvalue weighted by atomic mass is 32.2. The van der Waals surface area contributed by atoms with Gasteiger partial charge in [0.2, 0.25) is 5.91 Å². The topological polar surface area (TPSA) is 113 Å². The molecular weight excluding hydrogens is 360 g/mol. The van der Waals surface area contributed by atoms with E-state index in [0.29, 0.717) is 11.3 Å². The monoisotopic (exact) mass is 384 g/mol. The maximum absolute atomic E-state index is 12.4. The molecule has 1 fully saturated rings. The standard InChI is InChI=1S/C17H24N2O6S/c1-3-4-5-6-18-13-15(22)19-14(17(23)24)11(9-26-16(13)19)8-25-12(21)7-10(2)20/h13,16,18H,3-9H2,1-2H3,(H,23,24)/t13?,16-/m0/s1. The van der Waals surface area contributed by atoms with Crippen molar-refractivity contribution in [2.24, 2.45) is 0 Å². The zero-order valence-electron chi connectivity index (χ0n) is 14.9. The Balaban J connectivity index is 2.01. The van der Waals surface area contributed by atoms with Crippen molar-refractivity contribution in [2.45, 2.75) is 50.9 Å². The molecule has 0 aromatic rings. The Hall–Kier alpha value is -1.87. The molecule has 0 saturated carbocycles. The number of carboxylic acids is 1. The van der Waals surface area contributed by atoms with Gasteiger partial charge in [-0.2, -0.15) is 0 Å². The Bertz CT molecular complexity index is 633. The molecule has 8 nitrogen and oxygen atoms in total. The molecule has 0 radical (unpaired) electrons. The van der Waals surface area contributed by atoms with Gasteiger partial charge in [0, 0.05) is 11.3 Å². The number of nitrogens with one attached hydrogen (secondary N) is 1. The fraction of sp³-hybridized carbons (Fsp3) is 0.647. The van der Waals surface area contributed by atoms with Crippen LogP contribution in [0.4, 0.5) is 0 Å². The number of unbranched alkanes of at least 4 members (excludes halogenated alkanes) is 2. The minimum Gasteiger partial charge on any atom is -0.477 e. The number of carbonyl (C=O) groups is 4. The minimum absolute atomic E-state index is 0.110. The fourth-order valence-corrected chi connectivity index (χ4v) is 4.26. The van der Waals surface area contributed by atoms with Crippen LogP contribution in [-0.2, 0) is 23.9 Å². The van der Waals surface area contributed by atoms with Gasteiger partial charge < -0.3 is 15.2 Å². The van der Waals surface area contributed by atoms with Crippen molar-refractivity contribution in [3.63, 3.8) is 0 Å². The summed E-state index contributed by atoms with van der Waals surface area (Å²) < 4.78 is 4.99. The van der Waals surface area contributed by atoms with Crippen molar-refractivity contribution in [1.82, 2.24) is 10.2 Å². The maximum Gasteiger partial charge on any atom is 0.352 e. The zero-order chi connectivity index (χ0) is 19.3. The van der Waals surface area contributed by atoms with E-state index < -0.39 is 11.9 Å². The van der Waals surface area contributed by atoms with Crippen molar-refractivity contribution in [1.29, 1.82) is 0 Å². The van der Waals surface area contributed by atoms with Crippen LogP contribution in [0.1, 0.15) is 39.5 Å². The van der Waals surface area contributed by atoms with Crippen molar-refractivity contribution < 1.29 is 29.0 Å². The molecule has 2 heterocycles. The van der Waals surface area contributed by atoms with Gasteiger partial charge in [-0.25, -0.2) is 4.79 Å². The van der Waals surface area contributed by atoms with Gasteiger partial charge in [-0.05, 0) is 19.9 Å². The summed E-state index contributed by atoms with van der Waals surface area (Å²) in [6, 6.07) is -0.381. The van der Waals surface area contributed by atoms with Gasteiger partial charge in [0.25, 0.3) is 0 Å². The van der Waals surface area contributed by atoms with Gasteiger partial charge in [0.15, 0.2) is 0 Å². The van der Waals surface area contributed by atoms with Gasteiger partial charge in [-0.3, -0.25) is 19.3 Å². The zero-order valence-corrected chi connectivity index (χ0v) is 15.8. The maximum atomic E-state index is 12.4. The number of ether oxygens (including phenoxy) is 1. The van der Waals surface area contributed by atoms with Crippen LogP contribution in [-0.4, -0.2) is 64.0 Å². The van der Waals surface area contributed by atoms with E-state index in [0.717, 1.165) is 25.8 Å². The van der Waals surface area contributed by atoms with Crippen LogP contribution < -0.4 is 5.32 Å². The van der Waals surface area contributed by atoms with E-state index in [1.54, 1.807) is 0 Å². The molecule has 26 heavy (non-hydrogen) atoms. The van der Waals surface area contributed by atoms with Crippen LogP contribution >= 0.6 is 11.8 Å². The molecule has 0 bridgehead atoms. The quantitative estimate of drug-likeness (QED) is 0.247. The Morgan fingerprint density at radius 1 is 1.35 bits per heavy atom. The number of Topliss-reactive ketones (excluding diaryl/α,β-unsaturated/α-hetero) is 1. The third kappa shape index (κ3) is 4.64. The number of aliphatic carboxylic acids is 1. The number of carbonyl (C=O) groups excluding carboxylic acids is 3. The number of fused-ring (bicyclic) bond motifs is 1. The molecule has 1 saturated heterocycles. The van der Waals surface area contributed by atoms with Gasteiger partial charge >= 0.3 is 11.9 Å². The van der Waals surface area contributed by atoms with Crippen LogP contribution in [0.3, 0.4) is 0 Å². The summed E-state index contributed by atoms with van der Waals surface area (Å²) in [4.78, 5) is 47.7. The second-order valence-corrected chi connectivity index (χ2v) is 7.45. The normalized spacial score (nSPS) is 21.9. The second kappa shape index (κ2) is 9.18. The summed E-state index contributed by atoms with van der Waals surface area (Å²) >= 11 is 1.45. The van der Waals surface area contributed by atoms with Crippen molar-refractivity contribution >= 4 is 35.4 Å². The molecule has 2 aliphatic heterocycles. The SMILES string of the molecule is CCCCCNC1C(=O)N2C(C(=O)O)=C(COC(=O)CC(C)=O)CS[C@@H]12. The first kappa shape index (κ1) is 20.4. The Morgan fingerprint density at radius 2 is 2.08 bits per heavy atom. The molecule has 0 aromatic carbocycles. The first-order valence-electron chi connectivity index (χ1n) is 8.65. The predicted octanol–water partition coefficient (Wildman–Crippen LogP) is 0.911. The molecule has 2 N–H and O–H groups in total. The third-order valence-electron chi connectivity index (χ3n) is 4.20. The van der Waals surface area contributed by atoms with E-state index >= 15 is 0 Å². The van der Waals surface area contributed by atoms with Crippen LogP contribution in [0.5, 0.6) is 0 Å². The number of carboxylic acid groups (broad SMARTS) is 1. The lowest BCUT2D eigenvalue weighted by molar-refractivity contribution is -0.149. The highest BCUT2D eigenvalue weighted by molar-refractivity contribution is 8.00. The van der Waals surface area contributed by atoms with E-state index in [1.807, 2.05) is 0 Å². The number of rotatable bonds is 10. The molecular formula is C17H24N2O6S. The molecule has 9 heteroatoms. The highest BCUT2D eigenvalue weighted by Crippen LogP contribution is 2.40. The molecule has 0 aromatic heterocycles. The smallest absolute Gasteiger partial charge is 0.352 e. The van der Waals surface area contributed by atoms with E-state index in [4.69, 9.17) is 4.74 Å². The number of hydrogen-bond acceptors (Lipinski definition) is 7. The molecule has 0 aliphatic carbocycles. The first-order chi connectivity index (χ1) is 12.4. The summed E-state index contributed by atoms with van der Waals surface area (Å²) in [7, 11) is 0. The van der Waals surface area contributed by atoms with Gasteiger partial charge in [-0.1, -0.05) is 19.8 Å². The van der Waals surface area contributed by atoms with E-state index in [-0.39, 0.29) is 41.8 Å². The molecule has 1 unspecified atom stereocenters. The number of hydrogen-bond donors (Lipinski definition) is 2. The fourth-order valence-electron chi connectivity index (χ4n) is 2.90. The van der Waals surface area contributed by atoms with Crippen molar-refractivity contribution in [2.75, 3.05) is 18.9 Å². The molecule has 2 aliphatic rings. The summed E-state index contributed by atoms with van der Waals surface area (Å²) in [6.45, 7) is 3.86. The highest BCUT2D eigenvalue weighted by Gasteiger charge is 2.53. The lowest BCUT2D eigenvalue weighted by atomic mass is 10.0. The Labute approximate surface area is 156 Å². The van der Waals surface area contributed by atoms with E-state index in [9.17, 15) is 24.3 Å². The van der Waals surface area contributed by atoms with E-state index in [1.165, 1.54) is 23.6 Å². The lowest BCUT2D eigenvalue weighted by Crippen LogP contribution is -2.70. The second-order valence-electron chi connectivity index (χ2n) is 6.35. The Morgan fingerprint density at radius 3 is 2.69 bits per heavy atom. The first-order valence-corrected chi connectivity index (χ1v) is 9.70. The summed E-state index contributed by atoms with van der Waals surface area (Å²) in [6.07, 6.45) is 2.78.